The average Bonchev–Trinajstić information content (AvgIpc) is 2.42. The van der Waals surface area contributed by atoms with Crippen LogP contribution < -0.4 is 16.0 Å². The lowest BCUT2D eigenvalue weighted by Crippen LogP contribution is -2.26. The first-order chi connectivity index (χ1) is 9.56. The van der Waals surface area contributed by atoms with Crippen molar-refractivity contribution in [2.24, 2.45) is 0 Å². The Hall–Kier alpha value is -1.75. The van der Waals surface area contributed by atoms with Crippen LogP contribution >= 0.6 is 0 Å². The number of anilines is 2. The minimum Gasteiger partial charge on any atom is -0.399 e. The Morgan fingerprint density at radius 3 is 2.60 bits per heavy atom. The molecule has 4 N–H and O–H groups in total. The van der Waals surface area contributed by atoms with Crippen LogP contribution in [0.3, 0.4) is 0 Å². The molecule has 5 heteroatoms. The topological polar surface area (TPSA) is 78.6 Å². The highest BCUT2D eigenvalue weighted by molar-refractivity contribution is 6.00. The number of aliphatic hydroxyl groups excluding tert-OH is 1. The van der Waals surface area contributed by atoms with Gasteiger partial charge in [-0.05, 0) is 31.0 Å². The number of hydrogen-bond acceptors (Lipinski definition) is 4. The first-order valence-corrected chi connectivity index (χ1v) is 7.02. The van der Waals surface area contributed by atoms with Gasteiger partial charge in [0.1, 0.15) is 0 Å². The molecule has 0 aliphatic rings. The first-order valence-electron chi connectivity index (χ1n) is 7.02. The molecule has 0 saturated heterocycles. The van der Waals surface area contributed by atoms with Crippen LogP contribution in [0.2, 0.25) is 0 Å². The van der Waals surface area contributed by atoms with Crippen molar-refractivity contribution in [2.75, 3.05) is 37.9 Å². The van der Waals surface area contributed by atoms with Gasteiger partial charge in [0.25, 0.3) is 5.91 Å². The molecule has 1 rings (SSSR count). The smallest absolute Gasteiger partial charge is 0.253 e. The maximum atomic E-state index is 12.2. The van der Waals surface area contributed by atoms with Crippen molar-refractivity contribution in [3.05, 3.63) is 23.8 Å². The van der Waals surface area contributed by atoms with Crippen molar-refractivity contribution in [2.45, 2.75) is 25.7 Å². The molecule has 1 aromatic carbocycles. The zero-order valence-electron chi connectivity index (χ0n) is 12.4. The van der Waals surface area contributed by atoms with E-state index in [0.29, 0.717) is 17.8 Å². The highest BCUT2D eigenvalue weighted by Crippen LogP contribution is 2.21. The molecular formula is C15H25N3O2. The van der Waals surface area contributed by atoms with Crippen molar-refractivity contribution < 1.29 is 9.90 Å². The highest BCUT2D eigenvalue weighted by atomic mass is 16.2. The molecule has 0 saturated carbocycles. The van der Waals surface area contributed by atoms with Crippen molar-refractivity contribution in [3.63, 3.8) is 0 Å². The summed E-state index contributed by atoms with van der Waals surface area (Å²) in [5, 5.41) is 11.6. The maximum absolute atomic E-state index is 12.2. The summed E-state index contributed by atoms with van der Waals surface area (Å²) >= 11 is 0. The minimum atomic E-state index is -0.0943. The Kier molecular flexibility index (Phi) is 6.87. The van der Waals surface area contributed by atoms with Gasteiger partial charge in [-0.25, -0.2) is 0 Å². The van der Waals surface area contributed by atoms with Gasteiger partial charge in [0.15, 0.2) is 0 Å². The van der Waals surface area contributed by atoms with Crippen LogP contribution in [-0.2, 0) is 0 Å². The fourth-order valence-electron chi connectivity index (χ4n) is 2.01. The lowest BCUT2D eigenvalue weighted by Gasteiger charge is -2.17. The number of nitrogens with one attached hydrogen (secondary N) is 1. The fourth-order valence-corrected chi connectivity index (χ4v) is 2.01. The second kappa shape index (κ2) is 8.43. The lowest BCUT2D eigenvalue weighted by atomic mass is 10.1. The summed E-state index contributed by atoms with van der Waals surface area (Å²) < 4.78 is 0. The second-order valence-corrected chi connectivity index (χ2v) is 5.06. The Morgan fingerprint density at radius 2 is 1.95 bits per heavy atom. The Balaban J connectivity index is 2.52. The van der Waals surface area contributed by atoms with Crippen LogP contribution in [0.25, 0.3) is 0 Å². The molecule has 0 aromatic heterocycles. The number of carbonyl (C=O) groups is 1. The SMILES string of the molecule is CN(C)c1ccc(N)cc1C(=O)NCCCCCCO. The number of rotatable bonds is 8. The minimum absolute atomic E-state index is 0.0943. The largest absolute Gasteiger partial charge is 0.399 e. The molecule has 0 aliphatic heterocycles. The van der Waals surface area contributed by atoms with Crippen molar-refractivity contribution in [1.82, 2.24) is 5.32 Å². The summed E-state index contributed by atoms with van der Waals surface area (Å²) in [6, 6.07) is 5.35. The molecule has 5 nitrogen and oxygen atoms in total. The number of nitrogen functional groups attached to an aromatic ring is 1. The average molecular weight is 279 g/mol. The van der Waals surface area contributed by atoms with Crippen LogP contribution in [0.4, 0.5) is 11.4 Å². The summed E-state index contributed by atoms with van der Waals surface area (Å²) in [4.78, 5) is 14.1. The van der Waals surface area contributed by atoms with Gasteiger partial charge in [-0.15, -0.1) is 0 Å². The molecule has 0 aliphatic carbocycles. The van der Waals surface area contributed by atoms with E-state index < -0.39 is 0 Å². The molecule has 0 atom stereocenters. The van der Waals surface area contributed by atoms with E-state index >= 15 is 0 Å². The third kappa shape index (κ3) is 5.09. The van der Waals surface area contributed by atoms with E-state index in [1.54, 1.807) is 12.1 Å². The molecule has 0 radical (unpaired) electrons. The number of amides is 1. The number of hydrogen-bond donors (Lipinski definition) is 3. The van der Waals surface area contributed by atoms with Crippen LogP contribution in [0, 0.1) is 0 Å². The van der Waals surface area contributed by atoms with Crippen LogP contribution in [0.1, 0.15) is 36.0 Å². The van der Waals surface area contributed by atoms with Crippen molar-refractivity contribution in [1.29, 1.82) is 0 Å². The highest BCUT2D eigenvalue weighted by Gasteiger charge is 2.12. The van der Waals surface area contributed by atoms with E-state index in [0.717, 1.165) is 31.4 Å². The second-order valence-electron chi connectivity index (χ2n) is 5.06. The standard InChI is InChI=1S/C15H25N3O2/c1-18(2)14-8-7-12(16)11-13(14)15(20)17-9-5-3-4-6-10-19/h7-8,11,19H,3-6,9-10,16H2,1-2H3,(H,17,20). The summed E-state index contributed by atoms with van der Waals surface area (Å²) in [6.45, 7) is 0.883. The number of aliphatic hydroxyl groups is 1. The third-order valence-corrected chi connectivity index (χ3v) is 3.12. The van der Waals surface area contributed by atoms with E-state index in [9.17, 15) is 4.79 Å². The number of benzene rings is 1. The van der Waals surface area contributed by atoms with E-state index in [1.165, 1.54) is 0 Å². The zero-order valence-corrected chi connectivity index (χ0v) is 12.4. The summed E-state index contributed by atoms with van der Waals surface area (Å²) in [5.74, 6) is -0.0943. The third-order valence-electron chi connectivity index (χ3n) is 3.12. The Bertz CT molecular complexity index is 433. The van der Waals surface area contributed by atoms with Gasteiger partial charge in [0.05, 0.1) is 5.56 Å². The fraction of sp³-hybridized carbons (Fsp3) is 0.533. The van der Waals surface area contributed by atoms with E-state index in [2.05, 4.69) is 5.32 Å². The quantitative estimate of drug-likeness (QED) is 0.499. The monoisotopic (exact) mass is 279 g/mol. The van der Waals surface area contributed by atoms with E-state index in [4.69, 9.17) is 10.8 Å². The van der Waals surface area contributed by atoms with E-state index in [-0.39, 0.29) is 12.5 Å². The molecule has 112 valence electrons. The van der Waals surface area contributed by atoms with E-state index in [1.807, 2.05) is 25.1 Å². The predicted octanol–water partition coefficient (Wildman–Crippen LogP) is 1.62. The first kappa shape index (κ1) is 16.3. The summed E-state index contributed by atoms with van der Waals surface area (Å²) in [5.41, 5.74) is 7.80. The zero-order chi connectivity index (χ0) is 15.0. The number of nitrogens with zero attached hydrogens (tertiary/aromatic N) is 1. The van der Waals surface area contributed by atoms with Gasteiger partial charge >= 0.3 is 0 Å². The van der Waals surface area contributed by atoms with Gasteiger partial charge < -0.3 is 21.1 Å². The Labute approximate surface area is 120 Å². The van der Waals surface area contributed by atoms with Gasteiger partial charge in [0.2, 0.25) is 0 Å². The molecular weight excluding hydrogens is 254 g/mol. The summed E-state index contributed by atoms with van der Waals surface area (Å²) in [7, 11) is 3.80. The van der Waals surface area contributed by atoms with Crippen molar-refractivity contribution >= 4 is 17.3 Å². The molecule has 0 heterocycles. The van der Waals surface area contributed by atoms with Gasteiger partial charge in [-0.2, -0.15) is 0 Å². The van der Waals surface area contributed by atoms with Crippen molar-refractivity contribution in [3.8, 4) is 0 Å². The molecule has 20 heavy (non-hydrogen) atoms. The van der Waals surface area contributed by atoms with Crippen LogP contribution in [0.15, 0.2) is 18.2 Å². The molecule has 1 amide bonds. The maximum Gasteiger partial charge on any atom is 0.253 e. The molecule has 0 spiro atoms. The van der Waals surface area contributed by atoms with Crippen LogP contribution in [-0.4, -0.2) is 38.3 Å². The van der Waals surface area contributed by atoms with Gasteiger partial charge in [0, 0.05) is 38.6 Å². The van der Waals surface area contributed by atoms with Gasteiger partial charge in [-0.1, -0.05) is 12.8 Å². The predicted molar refractivity (Wildman–Crippen MR) is 83.1 cm³/mol. The molecule has 0 unspecified atom stereocenters. The number of nitrogens with two attached hydrogens (primary N) is 1. The normalized spacial score (nSPS) is 10.3. The molecule has 1 aromatic rings. The van der Waals surface area contributed by atoms with Gasteiger partial charge in [-0.3, -0.25) is 4.79 Å². The Morgan fingerprint density at radius 1 is 1.25 bits per heavy atom. The summed E-state index contributed by atoms with van der Waals surface area (Å²) in [6.07, 6.45) is 3.76. The van der Waals surface area contributed by atoms with Crippen LogP contribution in [0.5, 0.6) is 0 Å². The molecule has 0 bridgehead atoms. The molecule has 0 fully saturated rings. The number of unbranched alkanes of at least 4 members (excludes halogenated alkanes) is 3. The lowest BCUT2D eigenvalue weighted by molar-refractivity contribution is 0.0953. The number of carbonyl (C=O) groups excluding carboxylic acids is 1.